The van der Waals surface area contributed by atoms with E-state index in [0.717, 1.165) is 11.1 Å². The van der Waals surface area contributed by atoms with E-state index >= 15 is 0 Å². The summed E-state index contributed by atoms with van der Waals surface area (Å²) in [5, 5.41) is 31.1. The van der Waals surface area contributed by atoms with Crippen molar-refractivity contribution >= 4 is 11.6 Å². The van der Waals surface area contributed by atoms with Gasteiger partial charge in [-0.1, -0.05) is 24.3 Å². The van der Waals surface area contributed by atoms with Crippen molar-refractivity contribution in [1.82, 2.24) is 5.32 Å². The highest BCUT2D eigenvalue weighted by molar-refractivity contribution is 5.94. The summed E-state index contributed by atoms with van der Waals surface area (Å²) in [7, 11) is 0. The summed E-state index contributed by atoms with van der Waals surface area (Å²) in [6.45, 7) is 0.844. The third-order valence-corrected chi connectivity index (χ3v) is 3.90. The molecule has 3 aromatic rings. The third kappa shape index (κ3) is 6.96. The molecule has 0 saturated heterocycles. The van der Waals surface area contributed by atoms with E-state index in [4.69, 9.17) is 15.9 Å². The van der Waals surface area contributed by atoms with Crippen LogP contribution in [0, 0.1) is 10.1 Å². The number of hydrogen-bond donors (Lipinski definition) is 4. The molecule has 8 nitrogen and oxygen atoms in total. The number of nitro benzene ring substituents is 1. The maximum Gasteiger partial charge on any atom is 0.269 e. The summed E-state index contributed by atoms with van der Waals surface area (Å²) in [6, 6.07) is 18.7. The van der Waals surface area contributed by atoms with Gasteiger partial charge in [-0.3, -0.25) is 14.9 Å². The summed E-state index contributed by atoms with van der Waals surface area (Å²) >= 11 is 0. The van der Waals surface area contributed by atoms with Crippen molar-refractivity contribution in [3.8, 4) is 11.5 Å². The highest BCUT2D eigenvalue weighted by atomic mass is 16.6. The Hall–Kier alpha value is -3.91. The third-order valence-electron chi connectivity index (χ3n) is 3.90. The van der Waals surface area contributed by atoms with E-state index in [1.165, 1.54) is 36.4 Å². The highest BCUT2D eigenvalue weighted by Gasteiger charge is 2.09. The molecular formula is C21H21N3O5. The van der Waals surface area contributed by atoms with Crippen LogP contribution in [0.1, 0.15) is 21.5 Å². The smallest absolute Gasteiger partial charge is 0.269 e. The molecule has 0 radical (unpaired) electrons. The van der Waals surface area contributed by atoms with Crippen molar-refractivity contribution < 1.29 is 19.9 Å². The summed E-state index contributed by atoms with van der Waals surface area (Å²) in [5.74, 6) is 0.135. The van der Waals surface area contributed by atoms with Gasteiger partial charge < -0.3 is 21.3 Å². The molecule has 0 unspecified atom stereocenters. The number of hydrogen-bond acceptors (Lipinski definition) is 6. The molecule has 3 rings (SSSR count). The van der Waals surface area contributed by atoms with Crippen molar-refractivity contribution in [3.63, 3.8) is 0 Å². The number of nitrogens with two attached hydrogens (primary N) is 1. The summed E-state index contributed by atoms with van der Waals surface area (Å²) in [5.41, 5.74) is 7.50. The van der Waals surface area contributed by atoms with Crippen LogP contribution in [0.25, 0.3) is 0 Å². The summed E-state index contributed by atoms with van der Waals surface area (Å²) in [4.78, 5) is 21.8. The van der Waals surface area contributed by atoms with Crippen LogP contribution in [0.4, 0.5) is 5.69 Å². The van der Waals surface area contributed by atoms with Crippen LogP contribution < -0.4 is 11.1 Å². The quantitative estimate of drug-likeness (QED) is 0.387. The molecule has 1 amide bonds. The van der Waals surface area contributed by atoms with Crippen molar-refractivity contribution in [1.29, 1.82) is 0 Å². The molecule has 150 valence electrons. The van der Waals surface area contributed by atoms with Crippen molar-refractivity contribution in [2.75, 3.05) is 0 Å². The fraction of sp³-hybridized carbons (Fsp3) is 0.0952. The molecule has 0 spiro atoms. The van der Waals surface area contributed by atoms with E-state index in [1.807, 2.05) is 0 Å². The number of benzene rings is 3. The minimum Gasteiger partial charge on any atom is -0.508 e. The Morgan fingerprint density at radius 3 is 1.79 bits per heavy atom. The van der Waals surface area contributed by atoms with E-state index in [1.54, 1.807) is 36.4 Å². The van der Waals surface area contributed by atoms with Crippen molar-refractivity contribution in [2.24, 2.45) is 5.73 Å². The van der Waals surface area contributed by atoms with Gasteiger partial charge >= 0.3 is 0 Å². The van der Waals surface area contributed by atoms with E-state index in [-0.39, 0.29) is 23.1 Å². The number of phenols is 2. The van der Waals surface area contributed by atoms with Gasteiger partial charge in [0.05, 0.1) is 4.92 Å². The molecular weight excluding hydrogens is 374 g/mol. The zero-order valence-corrected chi connectivity index (χ0v) is 15.5. The van der Waals surface area contributed by atoms with E-state index < -0.39 is 4.92 Å². The molecule has 0 aliphatic rings. The molecule has 0 aliphatic heterocycles. The van der Waals surface area contributed by atoms with E-state index in [9.17, 15) is 14.9 Å². The lowest BCUT2D eigenvalue weighted by Crippen LogP contribution is -2.22. The lowest BCUT2D eigenvalue weighted by molar-refractivity contribution is -0.384. The first kappa shape index (κ1) is 21.4. The number of nitrogens with zero attached hydrogens (tertiary/aromatic N) is 1. The Balaban J connectivity index is 0.000000278. The zero-order valence-electron chi connectivity index (χ0n) is 15.5. The maximum atomic E-state index is 11.8. The fourth-order valence-electron chi connectivity index (χ4n) is 2.26. The van der Waals surface area contributed by atoms with Gasteiger partial charge in [-0.25, -0.2) is 0 Å². The number of carbonyl (C=O) groups is 1. The van der Waals surface area contributed by atoms with Gasteiger partial charge in [0.25, 0.3) is 11.6 Å². The molecule has 0 heterocycles. The Labute approximate surface area is 167 Å². The number of rotatable bonds is 5. The minimum atomic E-state index is -0.516. The number of aromatic hydroxyl groups is 2. The number of carbonyl (C=O) groups excluding carboxylic acids is 1. The van der Waals surface area contributed by atoms with Crippen LogP contribution >= 0.6 is 0 Å². The lowest BCUT2D eigenvalue weighted by Gasteiger charge is -2.05. The van der Waals surface area contributed by atoms with Gasteiger partial charge in [-0.05, 0) is 47.5 Å². The molecule has 0 bridgehead atoms. The van der Waals surface area contributed by atoms with Gasteiger partial charge in [0.15, 0.2) is 0 Å². The molecule has 0 aliphatic carbocycles. The number of nitro groups is 1. The Bertz CT molecular complexity index is 940. The maximum absolute atomic E-state index is 11.8. The normalized spacial score (nSPS) is 9.83. The van der Waals surface area contributed by atoms with Crippen LogP contribution in [0.3, 0.4) is 0 Å². The monoisotopic (exact) mass is 395 g/mol. The fourth-order valence-corrected chi connectivity index (χ4v) is 2.26. The molecule has 0 aromatic heterocycles. The first-order chi connectivity index (χ1) is 13.9. The van der Waals surface area contributed by atoms with Gasteiger partial charge in [0, 0.05) is 30.8 Å². The topological polar surface area (TPSA) is 139 Å². The van der Waals surface area contributed by atoms with E-state index in [0.29, 0.717) is 18.7 Å². The summed E-state index contributed by atoms with van der Waals surface area (Å²) in [6.07, 6.45) is 0. The van der Waals surface area contributed by atoms with Crippen LogP contribution in [0.15, 0.2) is 72.8 Å². The standard InChI is InChI=1S/C14H12N2O4.C7H9NO/c17-13-7-1-10(2-8-13)9-15-14(18)11-3-5-12(6-4-11)16(19)20;8-5-6-1-3-7(9)4-2-6/h1-8,17H,9H2,(H,15,18);1-4,9H,5,8H2. The van der Waals surface area contributed by atoms with Gasteiger partial charge in [0.2, 0.25) is 0 Å². The minimum absolute atomic E-state index is 0.0555. The second-order valence-electron chi connectivity index (χ2n) is 6.02. The molecule has 0 saturated carbocycles. The second-order valence-corrected chi connectivity index (χ2v) is 6.02. The van der Waals surface area contributed by atoms with Crippen molar-refractivity contribution in [2.45, 2.75) is 13.1 Å². The molecule has 29 heavy (non-hydrogen) atoms. The number of phenolic OH excluding ortho intramolecular Hbond substituents is 2. The first-order valence-electron chi connectivity index (χ1n) is 8.67. The van der Waals surface area contributed by atoms with Crippen LogP contribution in [-0.2, 0) is 13.1 Å². The van der Waals surface area contributed by atoms with Crippen LogP contribution in [-0.4, -0.2) is 21.0 Å². The molecule has 8 heteroatoms. The van der Waals surface area contributed by atoms with Gasteiger partial charge in [0.1, 0.15) is 11.5 Å². The number of nitrogens with one attached hydrogen (secondary N) is 1. The first-order valence-corrected chi connectivity index (χ1v) is 8.67. The van der Waals surface area contributed by atoms with Gasteiger partial charge in [-0.15, -0.1) is 0 Å². The Morgan fingerprint density at radius 2 is 1.34 bits per heavy atom. The molecule has 0 fully saturated rings. The Kier molecular flexibility index (Phi) is 7.69. The van der Waals surface area contributed by atoms with Crippen LogP contribution in [0.5, 0.6) is 11.5 Å². The van der Waals surface area contributed by atoms with Crippen molar-refractivity contribution in [3.05, 3.63) is 99.6 Å². The Morgan fingerprint density at radius 1 is 0.862 bits per heavy atom. The largest absolute Gasteiger partial charge is 0.508 e. The predicted molar refractivity (Wildman–Crippen MR) is 108 cm³/mol. The van der Waals surface area contributed by atoms with Crippen LogP contribution in [0.2, 0.25) is 0 Å². The van der Waals surface area contributed by atoms with E-state index in [2.05, 4.69) is 5.32 Å². The summed E-state index contributed by atoms with van der Waals surface area (Å²) < 4.78 is 0. The number of amides is 1. The number of non-ortho nitro benzene ring substituents is 1. The average Bonchev–Trinajstić information content (AvgIpc) is 2.74. The molecule has 0 atom stereocenters. The van der Waals surface area contributed by atoms with Gasteiger partial charge in [-0.2, -0.15) is 0 Å². The molecule has 5 N–H and O–H groups in total. The predicted octanol–water partition coefficient (Wildman–Crippen LogP) is 3.08. The average molecular weight is 395 g/mol. The lowest BCUT2D eigenvalue weighted by atomic mass is 10.2. The highest BCUT2D eigenvalue weighted by Crippen LogP contribution is 2.13. The SMILES string of the molecule is NCc1ccc(O)cc1.O=C(NCc1ccc(O)cc1)c1ccc([N+](=O)[O-])cc1. The molecule has 3 aromatic carbocycles. The zero-order chi connectivity index (χ0) is 21.2. The second kappa shape index (κ2) is 10.4.